The fourth-order valence-corrected chi connectivity index (χ4v) is 7.01. The topological polar surface area (TPSA) is 294 Å². The first kappa shape index (κ1) is 64.2. The molecule has 2 N–H and O–H groups in total. The van der Waals surface area contributed by atoms with Crippen molar-refractivity contribution in [1.29, 1.82) is 0 Å². The van der Waals surface area contributed by atoms with E-state index in [-0.39, 0.29) is 173 Å². The quantitative estimate of drug-likeness (QED) is 0.0219. The minimum Gasteiger partial charge on any atom is -1.00 e. The first-order valence-corrected chi connectivity index (χ1v) is 21.0. The molecule has 0 spiro atoms. The number of carbonyl (C=O) groups excluding carboxylic acids is 5. The number of fused-ring (bicyclic) bond motifs is 1. The zero-order valence-electron chi connectivity index (χ0n) is 37.7. The fourth-order valence-electron chi connectivity index (χ4n) is 4.16. The summed E-state index contributed by atoms with van der Waals surface area (Å²) < 4.78 is 79.0. The van der Waals surface area contributed by atoms with Crippen LogP contribution in [0.3, 0.4) is 0 Å². The first-order chi connectivity index (χ1) is 29.7. The van der Waals surface area contributed by atoms with Crippen LogP contribution in [0.25, 0.3) is 0 Å². The van der Waals surface area contributed by atoms with Gasteiger partial charge in [0.25, 0.3) is 16.6 Å². The Morgan fingerprint density at radius 2 is 1.03 bits per heavy atom. The summed E-state index contributed by atoms with van der Waals surface area (Å²) in [6, 6.07) is 6.53. The van der Waals surface area contributed by atoms with Crippen molar-refractivity contribution in [2.75, 3.05) is 101 Å². The van der Waals surface area contributed by atoms with E-state index in [1.54, 1.807) is 12.1 Å². The molecule has 1 aromatic carbocycles. The second kappa shape index (κ2) is 37.2. The van der Waals surface area contributed by atoms with Crippen LogP contribution >= 0.6 is 22.7 Å². The van der Waals surface area contributed by atoms with Crippen LogP contribution in [0.5, 0.6) is 23.0 Å². The Labute approximate surface area is 464 Å². The van der Waals surface area contributed by atoms with Crippen LogP contribution < -0.4 is 118 Å². The summed E-state index contributed by atoms with van der Waals surface area (Å²) in [6.07, 6.45) is 0.970. The molecule has 27 heteroatoms. The van der Waals surface area contributed by atoms with E-state index in [2.05, 4.69) is 14.4 Å². The minimum atomic E-state index is -3.69. The molecule has 2 aromatic heterocycles. The SMILES string of the molecule is CCCOCCOCCOS(=O)(=O)c1ccc(C)cc1.COC(=O)c1sc(C(=O)OC)c(O)c1O.COC(=O)c1sc(C(=O)OC)c2c1OCCOCCOCCO2.O=CO[O-].[H-].[K+].[K+]. The molecule has 0 unspecified atom stereocenters. The number of aromatic hydroxyl groups is 2. The molecule has 0 saturated carbocycles. The number of thiophene rings is 2. The van der Waals surface area contributed by atoms with Crippen molar-refractivity contribution < 1.29 is 208 Å². The van der Waals surface area contributed by atoms with Crippen LogP contribution in [-0.2, 0) is 61.9 Å². The van der Waals surface area contributed by atoms with Gasteiger partial charge >= 0.3 is 127 Å². The van der Waals surface area contributed by atoms with Crippen molar-refractivity contribution in [2.45, 2.75) is 25.2 Å². The molecule has 350 valence electrons. The summed E-state index contributed by atoms with van der Waals surface area (Å²) in [7, 11) is 1.05. The number of hydrogen-bond donors (Lipinski definition) is 2. The van der Waals surface area contributed by atoms with Gasteiger partial charge in [0.2, 0.25) is 0 Å². The van der Waals surface area contributed by atoms with Crippen LogP contribution in [0.2, 0.25) is 0 Å². The van der Waals surface area contributed by atoms with E-state index in [9.17, 15) is 37.8 Å². The van der Waals surface area contributed by atoms with Crippen LogP contribution in [0, 0.1) is 6.92 Å². The van der Waals surface area contributed by atoms with E-state index in [1.807, 2.05) is 13.8 Å². The van der Waals surface area contributed by atoms with Crippen molar-refractivity contribution >= 4 is 63.1 Å². The zero-order valence-corrected chi connectivity index (χ0v) is 45.4. The van der Waals surface area contributed by atoms with Gasteiger partial charge in [0.15, 0.2) is 42.5 Å². The molecule has 0 aliphatic carbocycles. The summed E-state index contributed by atoms with van der Waals surface area (Å²) in [4.78, 5) is 57.2. The van der Waals surface area contributed by atoms with Crippen molar-refractivity contribution in [2.24, 2.45) is 0 Å². The normalized spacial score (nSPS) is 12.0. The Balaban J connectivity index is -0.000000846. The van der Waals surface area contributed by atoms with E-state index in [1.165, 1.54) is 26.4 Å². The predicted octanol–water partition coefficient (Wildman–Crippen LogP) is -3.44. The van der Waals surface area contributed by atoms with Crippen LogP contribution in [0.4, 0.5) is 0 Å². The number of benzene rings is 1. The van der Waals surface area contributed by atoms with Crippen molar-refractivity contribution in [3.05, 3.63) is 49.3 Å². The molecule has 0 amide bonds. The van der Waals surface area contributed by atoms with Crippen molar-refractivity contribution in [1.82, 2.24) is 0 Å². The number of rotatable bonds is 15. The van der Waals surface area contributed by atoms with Crippen LogP contribution in [0.1, 0.15) is 59.0 Å². The molecule has 3 heterocycles. The van der Waals surface area contributed by atoms with Gasteiger partial charge in [-0.05, 0) is 25.5 Å². The second-order valence-electron chi connectivity index (χ2n) is 11.3. The molecule has 0 radical (unpaired) electrons. The fraction of sp³-hybridized carbons (Fsp3) is 0.486. The summed E-state index contributed by atoms with van der Waals surface area (Å²) in [5.74, 6) is -3.92. The Hall–Kier alpha value is -1.85. The molecule has 1 aliphatic heterocycles. The number of carbonyl (C=O) groups is 5. The van der Waals surface area contributed by atoms with E-state index < -0.39 is 45.5 Å². The second-order valence-corrected chi connectivity index (χ2v) is 14.9. The van der Waals surface area contributed by atoms with Gasteiger partial charge in [-0.1, -0.05) is 24.6 Å². The third kappa shape index (κ3) is 23.2. The third-order valence-electron chi connectivity index (χ3n) is 7.02. The van der Waals surface area contributed by atoms with E-state index in [0.717, 1.165) is 37.5 Å². The standard InChI is InChI=1S/C14H18O8S.C14H22O5S.C8H8O6S.CH2O3.2K.H/c1-17-13(15)11-9-10(12(23-11)14(16)18-2)22-8-6-20-4-3-19-5-7-21-9;1-3-8-17-9-10-18-11-12-19-20(15,16)14-6-4-13(2)5-7-14;1-13-7(11)5-3(9)4(10)6(15-5)8(12)14-2;2-1-4-3;;;/h3-8H2,1-2H3;4-7H,3,8-12H2,1-2H3;9-10H,1-2H3;1,3H;;;/q;;;;2*+1;-1/p-1. The molecule has 22 nitrogen and oxygen atoms in total. The summed E-state index contributed by atoms with van der Waals surface area (Å²) in [6.45, 7) is 7.53. The molecule has 0 bridgehead atoms. The van der Waals surface area contributed by atoms with Gasteiger partial charge in [0, 0.05) is 6.61 Å². The Morgan fingerprint density at radius 3 is 1.42 bits per heavy atom. The number of aryl methyl sites for hydroxylation is 1. The molecule has 1 aliphatic rings. The van der Waals surface area contributed by atoms with Gasteiger partial charge in [0.05, 0.1) is 86.2 Å². The van der Waals surface area contributed by atoms with Crippen LogP contribution in [-0.4, -0.2) is 150 Å². The van der Waals surface area contributed by atoms with Gasteiger partial charge in [-0.15, -0.1) is 22.7 Å². The zero-order chi connectivity index (χ0) is 46.5. The molecule has 0 saturated heterocycles. The van der Waals surface area contributed by atoms with Crippen molar-refractivity contribution in [3.63, 3.8) is 0 Å². The summed E-state index contributed by atoms with van der Waals surface area (Å²) in [5.41, 5.74) is 0.999. The maximum Gasteiger partial charge on any atom is 1.00 e. The van der Waals surface area contributed by atoms with Crippen molar-refractivity contribution in [3.8, 4) is 23.0 Å². The molecular formula is C37H50K2O22S3. The molecule has 0 fully saturated rings. The van der Waals surface area contributed by atoms with Gasteiger partial charge in [-0.25, -0.2) is 19.2 Å². The number of esters is 4. The van der Waals surface area contributed by atoms with Gasteiger partial charge in [0.1, 0.15) is 13.2 Å². The third-order valence-corrected chi connectivity index (χ3v) is 10.6. The number of ether oxygens (including phenoxy) is 10. The first-order valence-electron chi connectivity index (χ1n) is 18.0. The van der Waals surface area contributed by atoms with E-state index in [0.29, 0.717) is 57.6 Å². The Bertz CT molecular complexity index is 1860. The Kier molecular flexibility index (Phi) is 37.3. The maximum absolute atomic E-state index is 11.9. The molecule has 4 rings (SSSR count). The van der Waals surface area contributed by atoms with Gasteiger partial charge < -0.3 is 69.2 Å². The monoisotopic (exact) mass is 1020 g/mol. The van der Waals surface area contributed by atoms with Crippen LogP contribution in [0.15, 0.2) is 29.2 Å². The smallest absolute Gasteiger partial charge is 1.00 e. The maximum atomic E-state index is 11.9. The number of hydrogen-bond acceptors (Lipinski definition) is 24. The van der Waals surface area contributed by atoms with Gasteiger partial charge in [-0.3, -0.25) is 8.98 Å². The van der Waals surface area contributed by atoms with Gasteiger partial charge in [-0.2, -0.15) is 8.42 Å². The largest absolute Gasteiger partial charge is 1.00 e. The Morgan fingerprint density at radius 1 is 0.672 bits per heavy atom. The van der Waals surface area contributed by atoms with E-state index in [4.69, 9.17) is 52.1 Å². The summed E-state index contributed by atoms with van der Waals surface area (Å²) in [5, 5.41) is 27.1. The molecule has 3 aromatic rings. The number of methoxy groups -OCH3 is 4. The molecular weight excluding hydrogens is 971 g/mol. The molecule has 0 atom stereocenters. The predicted molar refractivity (Wildman–Crippen MR) is 214 cm³/mol. The average molecular weight is 1020 g/mol. The van der Waals surface area contributed by atoms with E-state index >= 15 is 0 Å². The average Bonchev–Trinajstić information content (AvgIpc) is 3.79. The minimum absolute atomic E-state index is 0. The molecule has 64 heavy (non-hydrogen) atoms. The summed E-state index contributed by atoms with van der Waals surface area (Å²) >= 11 is 1.50.